The minimum absolute atomic E-state index is 0.0201. The highest BCUT2D eigenvalue weighted by Crippen LogP contribution is 2.21. The van der Waals surface area contributed by atoms with Gasteiger partial charge in [0, 0.05) is 17.9 Å². The standard InChI is InChI=1S/C14H21F2NS/c1-3-5-17-14(10-18-6-4-2)11-7-12(15)9-13(16)8-11/h7-9,14,17H,3-6,10H2,1-2H3. The second-order valence-corrected chi connectivity index (χ2v) is 5.43. The van der Waals surface area contributed by atoms with E-state index in [2.05, 4.69) is 19.2 Å². The molecule has 0 amide bonds. The summed E-state index contributed by atoms with van der Waals surface area (Å²) in [5, 5.41) is 3.34. The lowest BCUT2D eigenvalue weighted by molar-refractivity contribution is 0.548. The van der Waals surface area contributed by atoms with Crippen molar-refractivity contribution in [3.8, 4) is 0 Å². The first-order valence-corrected chi connectivity index (χ1v) is 7.60. The van der Waals surface area contributed by atoms with E-state index in [-0.39, 0.29) is 6.04 Å². The molecule has 1 unspecified atom stereocenters. The van der Waals surface area contributed by atoms with Crippen LogP contribution in [0.5, 0.6) is 0 Å². The molecule has 0 aliphatic carbocycles. The highest BCUT2D eigenvalue weighted by atomic mass is 32.2. The largest absolute Gasteiger partial charge is 0.309 e. The molecule has 0 fully saturated rings. The molecule has 4 heteroatoms. The molecule has 0 bridgehead atoms. The van der Waals surface area contributed by atoms with E-state index in [1.807, 2.05) is 11.8 Å². The summed E-state index contributed by atoms with van der Waals surface area (Å²) >= 11 is 1.81. The zero-order chi connectivity index (χ0) is 13.4. The van der Waals surface area contributed by atoms with Crippen molar-refractivity contribution in [1.82, 2.24) is 5.32 Å². The van der Waals surface area contributed by atoms with Crippen molar-refractivity contribution in [2.75, 3.05) is 18.1 Å². The van der Waals surface area contributed by atoms with Crippen LogP contribution in [0.15, 0.2) is 18.2 Å². The summed E-state index contributed by atoms with van der Waals surface area (Å²) in [6, 6.07) is 3.78. The predicted octanol–water partition coefficient (Wildman–Crippen LogP) is 4.15. The van der Waals surface area contributed by atoms with Crippen LogP contribution < -0.4 is 5.32 Å². The van der Waals surface area contributed by atoms with Crippen molar-refractivity contribution in [1.29, 1.82) is 0 Å². The van der Waals surface area contributed by atoms with Crippen molar-refractivity contribution in [3.05, 3.63) is 35.4 Å². The monoisotopic (exact) mass is 273 g/mol. The molecule has 0 aromatic heterocycles. The molecular weight excluding hydrogens is 252 g/mol. The minimum Gasteiger partial charge on any atom is -0.309 e. The smallest absolute Gasteiger partial charge is 0.126 e. The van der Waals surface area contributed by atoms with E-state index in [1.165, 1.54) is 12.1 Å². The zero-order valence-electron chi connectivity index (χ0n) is 11.0. The SMILES string of the molecule is CCCNC(CSCCC)c1cc(F)cc(F)c1. The lowest BCUT2D eigenvalue weighted by atomic mass is 10.1. The third-order valence-corrected chi connectivity index (χ3v) is 3.83. The normalized spacial score (nSPS) is 12.7. The van der Waals surface area contributed by atoms with Gasteiger partial charge in [-0.05, 0) is 42.8 Å². The molecule has 102 valence electrons. The van der Waals surface area contributed by atoms with Gasteiger partial charge >= 0.3 is 0 Å². The maximum atomic E-state index is 13.2. The Morgan fingerprint density at radius 1 is 1.11 bits per heavy atom. The molecular formula is C14H21F2NS. The Balaban J connectivity index is 2.72. The fraction of sp³-hybridized carbons (Fsp3) is 0.571. The van der Waals surface area contributed by atoms with Crippen molar-refractivity contribution in [3.63, 3.8) is 0 Å². The van der Waals surface area contributed by atoms with E-state index in [0.717, 1.165) is 37.0 Å². The molecule has 0 saturated carbocycles. The van der Waals surface area contributed by atoms with Gasteiger partial charge in [-0.25, -0.2) is 8.78 Å². The average Bonchev–Trinajstić information content (AvgIpc) is 2.32. The van der Waals surface area contributed by atoms with E-state index in [0.29, 0.717) is 5.56 Å². The second-order valence-electron chi connectivity index (χ2n) is 4.28. The summed E-state index contributed by atoms with van der Waals surface area (Å²) in [6.07, 6.45) is 2.12. The zero-order valence-corrected chi connectivity index (χ0v) is 11.8. The molecule has 0 spiro atoms. The minimum atomic E-state index is -0.506. The molecule has 0 radical (unpaired) electrons. The quantitative estimate of drug-likeness (QED) is 0.714. The number of thioether (sulfide) groups is 1. The fourth-order valence-corrected chi connectivity index (χ4v) is 2.71. The predicted molar refractivity (Wildman–Crippen MR) is 75.0 cm³/mol. The Hall–Kier alpha value is -0.610. The van der Waals surface area contributed by atoms with Gasteiger partial charge in [0.25, 0.3) is 0 Å². The summed E-state index contributed by atoms with van der Waals surface area (Å²) in [6.45, 7) is 5.06. The van der Waals surface area contributed by atoms with Crippen LogP contribution >= 0.6 is 11.8 Å². The molecule has 0 heterocycles. The second kappa shape index (κ2) is 8.48. The van der Waals surface area contributed by atoms with E-state index in [4.69, 9.17) is 0 Å². The van der Waals surface area contributed by atoms with Gasteiger partial charge < -0.3 is 5.32 Å². The third-order valence-electron chi connectivity index (χ3n) is 2.56. The van der Waals surface area contributed by atoms with E-state index >= 15 is 0 Å². The maximum Gasteiger partial charge on any atom is 0.126 e. The first-order chi connectivity index (χ1) is 8.67. The average molecular weight is 273 g/mol. The van der Waals surface area contributed by atoms with Gasteiger partial charge in [-0.3, -0.25) is 0 Å². The Labute approximate surface area is 112 Å². The summed E-state index contributed by atoms with van der Waals surface area (Å²) in [5.41, 5.74) is 0.699. The maximum absolute atomic E-state index is 13.2. The fourth-order valence-electron chi connectivity index (χ4n) is 1.71. The van der Waals surface area contributed by atoms with Crippen molar-refractivity contribution in [2.45, 2.75) is 32.7 Å². The van der Waals surface area contributed by atoms with Crippen LogP contribution in [-0.2, 0) is 0 Å². The number of hydrogen-bond donors (Lipinski definition) is 1. The van der Waals surface area contributed by atoms with E-state index in [9.17, 15) is 8.78 Å². The van der Waals surface area contributed by atoms with Crippen LogP contribution in [0.25, 0.3) is 0 Å². The molecule has 1 aromatic carbocycles. The summed E-state index contributed by atoms with van der Waals surface area (Å²) in [4.78, 5) is 0. The summed E-state index contributed by atoms with van der Waals surface area (Å²) < 4.78 is 26.4. The van der Waals surface area contributed by atoms with Gasteiger partial charge in [0.1, 0.15) is 11.6 Å². The number of halogens is 2. The Morgan fingerprint density at radius 3 is 2.33 bits per heavy atom. The lowest BCUT2D eigenvalue weighted by Gasteiger charge is -2.19. The van der Waals surface area contributed by atoms with Gasteiger partial charge in [-0.1, -0.05) is 13.8 Å². The molecule has 0 aliphatic heterocycles. The Morgan fingerprint density at radius 2 is 1.78 bits per heavy atom. The molecule has 0 saturated heterocycles. The van der Waals surface area contributed by atoms with Crippen LogP contribution in [0, 0.1) is 11.6 Å². The van der Waals surface area contributed by atoms with Crippen LogP contribution in [0.3, 0.4) is 0 Å². The van der Waals surface area contributed by atoms with Crippen LogP contribution in [0.4, 0.5) is 8.78 Å². The number of benzene rings is 1. The van der Waals surface area contributed by atoms with Gasteiger partial charge in [0.2, 0.25) is 0 Å². The topological polar surface area (TPSA) is 12.0 Å². The van der Waals surface area contributed by atoms with Crippen molar-refractivity contribution >= 4 is 11.8 Å². The van der Waals surface area contributed by atoms with E-state index < -0.39 is 11.6 Å². The highest BCUT2D eigenvalue weighted by Gasteiger charge is 2.12. The molecule has 18 heavy (non-hydrogen) atoms. The molecule has 1 atom stereocenters. The lowest BCUT2D eigenvalue weighted by Crippen LogP contribution is -2.24. The third kappa shape index (κ3) is 5.36. The van der Waals surface area contributed by atoms with Gasteiger partial charge in [0.15, 0.2) is 0 Å². The van der Waals surface area contributed by atoms with Gasteiger partial charge in [0.05, 0.1) is 0 Å². The van der Waals surface area contributed by atoms with Crippen LogP contribution in [0.2, 0.25) is 0 Å². The summed E-state index contributed by atoms with van der Waals surface area (Å²) in [5.74, 6) is 0.904. The first-order valence-electron chi connectivity index (χ1n) is 6.44. The number of rotatable bonds is 8. The summed E-state index contributed by atoms with van der Waals surface area (Å²) in [7, 11) is 0. The molecule has 1 aromatic rings. The molecule has 1 nitrogen and oxygen atoms in total. The number of hydrogen-bond acceptors (Lipinski definition) is 2. The molecule has 0 aliphatic rings. The first kappa shape index (κ1) is 15.4. The number of nitrogens with one attached hydrogen (secondary N) is 1. The van der Waals surface area contributed by atoms with Gasteiger partial charge in [-0.2, -0.15) is 11.8 Å². The van der Waals surface area contributed by atoms with E-state index in [1.54, 1.807) is 0 Å². The Bertz CT molecular complexity index is 337. The molecule has 1 rings (SSSR count). The van der Waals surface area contributed by atoms with Crippen molar-refractivity contribution < 1.29 is 8.78 Å². The van der Waals surface area contributed by atoms with Crippen LogP contribution in [-0.4, -0.2) is 18.1 Å². The Kier molecular flexibility index (Phi) is 7.28. The van der Waals surface area contributed by atoms with Gasteiger partial charge in [-0.15, -0.1) is 0 Å². The highest BCUT2D eigenvalue weighted by molar-refractivity contribution is 7.99. The van der Waals surface area contributed by atoms with Crippen LogP contribution in [0.1, 0.15) is 38.3 Å². The van der Waals surface area contributed by atoms with Crippen molar-refractivity contribution in [2.24, 2.45) is 0 Å². The molecule has 1 N–H and O–H groups in total.